The van der Waals surface area contributed by atoms with Crippen molar-refractivity contribution in [2.75, 3.05) is 31.2 Å². The summed E-state index contributed by atoms with van der Waals surface area (Å²) in [4.78, 5) is 6.58. The Morgan fingerprint density at radius 3 is 2.73 bits per heavy atom. The van der Waals surface area contributed by atoms with Crippen molar-refractivity contribution < 1.29 is 4.74 Å². The molecule has 4 heteroatoms. The first-order valence-corrected chi connectivity index (χ1v) is 6.29. The van der Waals surface area contributed by atoms with E-state index in [9.17, 15) is 0 Å². The standard InChI is InChI=1S/C11H11N2O.Sn/c1-2-10-3-4-11(9-12-10)13-5-7-14-8-6-13;/h3-4,9H,5-8H2;. The van der Waals surface area contributed by atoms with Crippen LogP contribution in [0.25, 0.3) is 0 Å². The van der Waals surface area contributed by atoms with Crippen molar-refractivity contribution >= 4 is 28.2 Å². The Bertz CT molecular complexity index is 374. The number of morpholine rings is 1. The van der Waals surface area contributed by atoms with Crippen LogP contribution in [-0.4, -0.2) is 53.8 Å². The van der Waals surface area contributed by atoms with Crippen molar-refractivity contribution in [3.63, 3.8) is 0 Å². The molecule has 0 amide bonds. The van der Waals surface area contributed by atoms with Gasteiger partial charge < -0.3 is 0 Å². The van der Waals surface area contributed by atoms with E-state index in [1.54, 1.807) is 0 Å². The summed E-state index contributed by atoms with van der Waals surface area (Å²) in [5, 5.41) is 0. The third-order valence-corrected chi connectivity index (χ3v) is 2.67. The number of aromatic nitrogens is 1. The molecule has 1 fully saturated rings. The maximum absolute atomic E-state index is 5.30. The Morgan fingerprint density at radius 2 is 2.13 bits per heavy atom. The fourth-order valence-corrected chi connectivity index (χ4v) is 1.90. The van der Waals surface area contributed by atoms with Crippen LogP contribution in [0.3, 0.4) is 0 Å². The molecule has 2 rings (SSSR count). The first kappa shape index (κ1) is 10.8. The second-order valence-electron chi connectivity index (χ2n) is 3.25. The first-order valence-electron chi connectivity index (χ1n) is 4.86. The molecular formula is C11H11N2OSn. The van der Waals surface area contributed by atoms with Crippen LogP contribution in [0.1, 0.15) is 5.69 Å². The van der Waals surface area contributed by atoms with E-state index in [0.29, 0.717) is 0 Å². The van der Waals surface area contributed by atoms with Gasteiger partial charge in [-0.1, -0.05) is 0 Å². The zero-order chi connectivity index (χ0) is 10.5. The fraction of sp³-hybridized carbons (Fsp3) is 0.364. The van der Waals surface area contributed by atoms with Gasteiger partial charge in [0.2, 0.25) is 0 Å². The molecule has 0 N–H and O–H groups in total. The summed E-state index contributed by atoms with van der Waals surface area (Å²) >= 11 is 1.22. The molecule has 0 bridgehead atoms. The Hall–Kier alpha value is -0.731. The van der Waals surface area contributed by atoms with Crippen LogP contribution >= 0.6 is 0 Å². The van der Waals surface area contributed by atoms with Gasteiger partial charge >= 0.3 is 103 Å². The van der Waals surface area contributed by atoms with Crippen molar-refractivity contribution in [3.05, 3.63) is 24.0 Å². The average Bonchev–Trinajstić information content (AvgIpc) is 2.32. The van der Waals surface area contributed by atoms with Crippen LogP contribution in [0.15, 0.2) is 18.3 Å². The molecule has 0 atom stereocenters. The summed E-state index contributed by atoms with van der Waals surface area (Å²) in [7, 11) is 0. The predicted molar refractivity (Wildman–Crippen MR) is 59.9 cm³/mol. The van der Waals surface area contributed by atoms with E-state index in [4.69, 9.17) is 4.74 Å². The molecule has 1 saturated heterocycles. The van der Waals surface area contributed by atoms with Crippen molar-refractivity contribution in [2.45, 2.75) is 0 Å². The van der Waals surface area contributed by atoms with Gasteiger partial charge in [-0.25, -0.2) is 0 Å². The summed E-state index contributed by atoms with van der Waals surface area (Å²) in [6, 6.07) is 4.05. The van der Waals surface area contributed by atoms with Crippen molar-refractivity contribution in [3.8, 4) is 9.86 Å². The Balaban J connectivity index is 2.10. The summed E-state index contributed by atoms with van der Waals surface area (Å²) < 4.78 is 8.23. The summed E-state index contributed by atoms with van der Waals surface area (Å²) in [6.07, 6.45) is 1.89. The molecule has 3 nitrogen and oxygen atoms in total. The van der Waals surface area contributed by atoms with Crippen LogP contribution in [0.4, 0.5) is 5.69 Å². The SMILES string of the molecule is [Sn][C]#Cc1ccc(N2CCOCC2)cn1. The van der Waals surface area contributed by atoms with E-state index in [1.807, 2.05) is 12.3 Å². The van der Waals surface area contributed by atoms with Crippen LogP contribution in [0.2, 0.25) is 0 Å². The Morgan fingerprint density at radius 1 is 1.33 bits per heavy atom. The van der Waals surface area contributed by atoms with Gasteiger partial charge in [-0.05, 0) is 0 Å². The van der Waals surface area contributed by atoms with Crippen LogP contribution < -0.4 is 4.90 Å². The second-order valence-corrected chi connectivity index (χ2v) is 3.96. The molecule has 1 aromatic heterocycles. The molecule has 15 heavy (non-hydrogen) atoms. The van der Waals surface area contributed by atoms with Crippen LogP contribution in [-0.2, 0) is 4.74 Å². The molecule has 0 spiro atoms. The summed E-state index contributed by atoms with van der Waals surface area (Å²) in [6.45, 7) is 3.51. The van der Waals surface area contributed by atoms with E-state index >= 15 is 0 Å². The van der Waals surface area contributed by atoms with Gasteiger partial charge in [-0.3, -0.25) is 0 Å². The molecule has 1 aromatic rings. The normalized spacial score (nSPS) is 15.7. The third kappa shape index (κ3) is 2.86. The van der Waals surface area contributed by atoms with Crippen LogP contribution in [0.5, 0.6) is 0 Å². The van der Waals surface area contributed by atoms with Gasteiger partial charge in [0, 0.05) is 0 Å². The molecule has 3 radical (unpaired) electrons. The van der Waals surface area contributed by atoms with Crippen molar-refractivity contribution in [2.24, 2.45) is 0 Å². The number of hydrogen-bond donors (Lipinski definition) is 0. The average molecular weight is 306 g/mol. The fourth-order valence-electron chi connectivity index (χ4n) is 1.53. The van der Waals surface area contributed by atoms with Gasteiger partial charge in [0.1, 0.15) is 0 Å². The van der Waals surface area contributed by atoms with Crippen LogP contribution in [0, 0.1) is 9.86 Å². The van der Waals surface area contributed by atoms with Gasteiger partial charge in [0.15, 0.2) is 0 Å². The molecule has 2 heterocycles. The molecule has 0 saturated carbocycles. The second kappa shape index (κ2) is 5.38. The third-order valence-electron chi connectivity index (χ3n) is 2.31. The minimum atomic E-state index is 0.806. The molecule has 1 aliphatic heterocycles. The zero-order valence-corrected chi connectivity index (χ0v) is 11.2. The number of pyridine rings is 1. The molecule has 0 aromatic carbocycles. The Labute approximate surface area is 103 Å². The Kier molecular flexibility index (Phi) is 3.86. The van der Waals surface area contributed by atoms with E-state index in [1.165, 1.54) is 22.5 Å². The monoisotopic (exact) mass is 307 g/mol. The van der Waals surface area contributed by atoms with Crippen molar-refractivity contribution in [1.82, 2.24) is 4.98 Å². The van der Waals surface area contributed by atoms with E-state index in [2.05, 4.69) is 25.8 Å². The predicted octanol–water partition coefficient (Wildman–Crippen LogP) is 0.396. The number of ether oxygens (including phenoxy) is 1. The summed E-state index contributed by atoms with van der Waals surface area (Å²) in [5.74, 6) is 2.97. The van der Waals surface area contributed by atoms with Gasteiger partial charge in [-0.15, -0.1) is 0 Å². The quantitative estimate of drug-likeness (QED) is 0.555. The molecular weight excluding hydrogens is 295 g/mol. The molecule has 1 aliphatic rings. The number of rotatable bonds is 1. The van der Waals surface area contributed by atoms with Gasteiger partial charge in [0.05, 0.1) is 0 Å². The molecule has 75 valence electrons. The minimum absolute atomic E-state index is 0.806. The van der Waals surface area contributed by atoms with Gasteiger partial charge in [0.25, 0.3) is 0 Å². The van der Waals surface area contributed by atoms with Crippen molar-refractivity contribution in [1.29, 1.82) is 0 Å². The number of hydrogen-bond acceptors (Lipinski definition) is 3. The molecule has 0 unspecified atom stereocenters. The zero-order valence-electron chi connectivity index (χ0n) is 8.36. The summed E-state index contributed by atoms with van der Waals surface area (Å²) in [5.41, 5.74) is 2.01. The first-order chi connectivity index (χ1) is 7.40. The number of nitrogens with zero attached hydrogens (tertiary/aromatic N) is 2. The maximum atomic E-state index is 5.30. The topological polar surface area (TPSA) is 25.4 Å². The van der Waals surface area contributed by atoms with E-state index in [0.717, 1.165) is 37.7 Å². The number of anilines is 1. The van der Waals surface area contributed by atoms with E-state index < -0.39 is 0 Å². The van der Waals surface area contributed by atoms with E-state index in [-0.39, 0.29) is 0 Å². The van der Waals surface area contributed by atoms with Gasteiger partial charge in [-0.2, -0.15) is 0 Å². The molecule has 0 aliphatic carbocycles.